The van der Waals surface area contributed by atoms with Crippen LogP contribution in [-0.4, -0.2) is 63.7 Å². The van der Waals surface area contributed by atoms with E-state index in [1.807, 2.05) is 24.3 Å². The van der Waals surface area contributed by atoms with E-state index < -0.39 is 20.2 Å². The van der Waals surface area contributed by atoms with Crippen molar-refractivity contribution in [3.8, 4) is 0 Å². The number of unbranched alkanes of at least 4 members (excludes halogenated alkanes) is 8. The summed E-state index contributed by atoms with van der Waals surface area (Å²) < 4.78 is 69.0. The zero-order chi connectivity index (χ0) is 35.2. The van der Waals surface area contributed by atoms with Crippen molar-refractivity contribution < 1.29 is 25.9 Å². The van der Waals surface area contributed by atoms with Crippen molar-refractivity contribution in [1.29, 1.82) is 0 Å². The first kappa shape index (κ1) is 43.6. The van der Waals surface area contributed by atoms with Crippen molar-refractivity contribution in [3.05, 3.63) is 82.9 Å². The molecule has 0 unspecified atom stereocenters. The maximum absolute atomic E-state index is 11.5. The summed E-state index contributed by atoms with van der Waals surface area (Å²) in [7, 11) is -8.86. The van der Waals surface area contributed by atoms with E-state index in [-0.39, 0.29) is 47.5 Å². The number of benzene rings is 4. The molecule has 0 aromatic heterocycles. The van der Waals surface area contributed by atoms with Gasteiger partial charge in [-0.3, -0.25) is 0 Å². The Morgan fingerprint density at radius 2 is 0.755 bits per heavy atom. The van der Waals surface area contributed by atoms with Crippen LogP contribution in [0.5, 0.6) is 0 Å². The topological polar surface area (TPSA) is 114 Å². The molecule has 0 bridgehead atoms. The summed E-state index contributed by atoms with van der Waals surface area (Å²) in [6.07, 6.45) is 17.1. The van der Waals surface area contributed by atoms with Crippen LogP contribution in [0.25, 0.3) is 21.5 Å². The molecule has 6 nitrogen and oxygen atoms in total. The van der Waals surface area contributed by atoms with E-state index in [1.54, 1.807) is 12.1 Å². The standard InChI is InChI=1S/2C20H28O3S.Ca/c2*1-3-5-7-10-16-12-9-13-18-15-19(24(21,22)23)14-17(20(16)18)11-8-6-4-2;/h2*9,12-15H,3-8,10-11H2,1-2H3,(H,21,22,23);/q;;+2/p-2. The van der Waals surface area contributed by atoms with Crippen LogP contribution in [0.2, 0.25) is 0 Å². The maximum atomic E-state index is 11.5. The third kappa shape index (κ3) is 13.5. The average Bonchev–Trinajstić information content (AvgIpc) is 3.04. The molecular formula is C40H54CaO6S2. The van der Waals surface area contributed by atoms with Gasteiger partial charge in [0.2, 0.25) is 0 Å². The molecule has 0 radical (unpaired) electrons. The number of rotatable bonds is 18. The molecule has 0 heterocycles. The summed E-state index contributed by atoms with van der Waals surface area (Å²) in [5.74, 6) is 0. The second-order valence-corrected chi connectivity index (χ2v) is 15.7. The second-order valence-electron chi connectivity index (χ2n) is 12.9. The Morgan fingerprint density at radius 1 is 0.449 bits per heavy atom. The molecule has 4 aromatic carbocycles. The van der Waals surface area contributed by atoms with Crippen LogP contribution >= 0.6 is 0 Å². The van der Waals surface area contributed by atoms with Crippen molar-refractivity contribution in [2.75, 3.05) is 0 Å². The van der Waals surface area contributed by atoms with Gasteiger partial charge in [-0.25, -0.2) is 16.8 Å². The Labute approximate surface area is 326 Å². The minimum absolute atomic E-state index is 0. The minimum atomic E-state index is -4.43. The summed E-state index contributed by atoms with van der Waals surface area (Å²) >= 11 is 0. The number of aryl methyl sites for hydroxylation is 4. The van der Waals surface area contributed by atoms with Crippen molar-refractivity contribution >= 4 is 79.5 Å². The maximum Gasteiger partial charge on any atom is 2.00 e. The van der Waals surface area contributed by atoms with E-state index in [2.05, 4.69) is 39.8 Å². The third-order valence-electron chi connectivity index (χ3n) is 9.01. The molecular weight excluding hydrogens is 681 g/mol. The monoisotopic (exact) mass is 734 g/mol. The van der Waals surface area contributed by atoms with E-state index >= 15 is 0 Å². The van der Waals surface area contributed by atoms with E-state index in [4.69, 9.17) is 0 Å². The van der Waals surface area contributed by atoms with Gasteiger partial charge in [0.05, 0.1) is 9.79 Å². The average molecular weight is 735 g/mol. The van der Waals surface area contributed by atoms with E-state index in [9.17, 15) is 25.9 Å². The Hall–Kier alpha value is -1.52. The van der Waals surface area contributed by atoms with Crippen LogP contribution in [0.4, 0.5) is 0 Å². The van der Waals surface area contributed by atoms with Gasteiger partial charge in [-0.15, -0.1) is 0 Å². The summed E-state index contributed by atoms with van der Waals surface area (Å²) in [5.41, 5.74) is 4.54. The van der Waals surface area contributed by atoms with Gasteiger partial charge in [-0.1, -0.05) is 115 Å². The van der Waals surface area contributed by atoms with E-state index in [1.165, 1.54) is 48.9 Å². The van der Waals surface area contributed by atoms with Gasteiger partial charge in [0.15, 0.2) is 0 Å². The van der Waals surface area contributed by atoms with Gasteiger partial charge in [0, 0.05) is 0 Å². The third-order valence-corrected chi connectivity index (χ3v) is 10.6. The molecule has 0 fully saturated rings. The molecule has 49 heavy (non-hydrogen) atoms. The SMILES string of the molecule is CCCCCc1cccc2cc(S(=O)(=O)[O-])cc(CCCCC)c12.CCCCCc1cccc2cc(S(=O)(=O)[O-])cc(CCCCC)c12.[Ca+2]. The summed E-state index contributed by atoms with van der Waals surface area (Å²) in [6, 6.07) is 18.3. The minimum Gasteiger partial charge on any atom is -0.744 e. The quantitative estimate of drug-likeness (QED) is 0.0571. The fourth-order valence-electron chi connectivity index (χ4n) is 6.50. The van der Waals surface area contributed by atoms with Crippen molar-refractivity contribution in [3.63, 3.8) is 0 Å². The van der Waals surface area contributed by atoms with Gasteiger partial charge >= 0.3 is 37.7 Å². The van der Waals surface area contributed by atoms with Crippen LogP contribution in [0, 0.1) is 0 Å². The van der Waals surface area contributed by atoms with Gasteiger partial charge in [-0.2, -0.15) is 0 Å². The number of hydrogen-bond acceptors (Lipinski definition) is 6. The van der Waals surface area contributed by atoms with Gasteiger partial charge in [-0.05, 0) is 119 Å². The van der Waals surface area contributed by atoms with E-state index in [0.717, 1.165) is 110 Å². The molecule has 0 spiro atoms. The molecule has 4 rings (SSSR count). The Morgan fingerprint density at radius 3 is 1.04 bits per heavy atom. The summed E-state index contributed by atoms with van der Waals surface area (Å²) in [5, 5.41) is 4.04. The molecule has 0 saturated heterocycles. The summed E-state index contributed by atoms with van der Waals surface area (Å²) in [4.78, 5) is -0.209. The van der Waals surface area contributed by atoms with Crippen LogP contribution < -0.4 is 0 Å². The molecule has 4 aromatic rings. The normalized spacial score (nSPS) is 11.7. The predicted octanol–water partition coefficient (Wildman–Crippen LogP) is 10.0. The van der Waals surface area contributed by atoms with Crippen LogP contribution in [0.3, 0.4) is 0 Å². The predicted molar refractivity (Wildman–Crippen MR) is 202 cm³/mol. The van der Waals surface area contributed by atoms with Crippen molar-refractivity contribution in [2.24, 2.45) is 0 Å². The van der Waals surface area contributed by atoms with Crippen LogP contribution in [-0.2, 0) is 45.9 Å². The van der Waals surface area contributed by atoms with Gasteiger partial charge < -0.3 is 9.11 Å². The van der Waals surface area contributed by atoms with Crippen molar-refractivity contribution in [2.45, 2.75) is 140 Å². The number of fused-ring (bicyclic) bond motifs is 2. The smallest absolute Gasteiger partial charge is 0.744 e. The molecule has 0 aliphatic carbocycles. The molecule has 0 aliphatic rings. The van der Waals surface area contributed by atoms with Gasteiger partial charge in [0.1, 0.15) is 20.2 Å². The Kier molecular flexibility index (Phi) is 19.4. The Balaban J connectivity index is 0.000000333. The second kappa shape index (κ2) is 21.8. The molecule has 0 N–H and O–H groups in total. The first-order valence-corrected chi connectivity index (χ1v) is 20.8. The molecule has 0 amide bonds. The fourth-order valence-corrected chi connectivity index (χ4v) is 7.62. The van der Waals surface area contributed by atoms with E-state index in [0.29, 0.717) is 0 Å². The molecule has 0 atom stereocenters. The Bertz CT molecular complexity index is 1700. The fraction of sp³-hybridized carbons (Fsp3) is 0.500. The largest absolute Gasteiger partial charge is 2.00 e. The first-order chi connectivity index (χ1) is 22.9. The van der Waals surface area contributed by atoms with Crippen LogP contribution in [0.15, 0.2) is 70.5 Å². The van der Waals surface area contributed by atoms with Crippen molar-refractivity contribution in [1.82, 2.24) is 0 Å². The summed E-state index contributed by atoms with van der Waals surface area (Å²) in [6.45, 7) is 8.66. The zero-order valence-electron chi connectivity index (χ0n) is 30.1. The zero-order valence-corrected chi connectivity index (χ0v) is 33.9. The molecule has 264 valence electrons. The van der Waals surface area contributed by atoms with Crippen LogP contribution in [0.1, 0.15) is 127 Å². The van der Waals surface area contributed by atoms with Gasteiger partial charge in [0.25, 0.3) is 0 Å². The first-order valence-electron chi connectivity index (χ1n) is 17.9. The molecule has 9 heteroatoms. The molecule has 0 aliphatic heterocycles. The number of hydrogen-bond donors (Lipinski definition) is 0. The molecule has 0 saturated carbocycles.